The highest BCUT2D eigenvalue weighted by Crippen LogP contribution is 2.06. The molecule has 38 nitrogen and oxygen atoms in total. The molecule has 13 heterocycles. The Morgan fingerprint density at radius 3 is 0.231 bits per heavy atom. The number of nitrogens with zero attached hydrogens (tertiary/aromatic N) is 26. The predicted molar refractivity (Wildman–Crippen MR) is 590 cm³/mol. The minimum absolute atomic E-state index is 0. The number of rotatable bonds is 26. The van der Waals surface area contributed by atoms with Crippen molar-refractivity contribution >= 4 is 112 Å². The summed E-state index contributed by atoms with van der Waals surface area (Å²) in [4.78, 5) is 30.8. The molecule has 858 valence electrons. The molecule has 0 saturated heterocycles. The molecule has 0 unspecified atom stereocenters. The summed E-state index contributed by atoms with van der Waals surface area (Å²) in [6, 6.07) is 0. The third-order valence-electron chi connectivity index (χ3n) is 26.4. The molecule has 0 spiro atoms. The number of hydrogen-bond donors (Lipinski definition) is 0. The molecule has 13 aliphatic heterocycles. The SMILES string of the molecule is CCN1C=[N+](CC)CCC1.CCN1C=[N+](CC)CCC1.CCN1C=[N+](CC)CCC1.CCN1C=[N+](CC)CCC1.CCN1C=[N+](CC)CCC1.CCN1C=[N+](CC)CCC1.CCN1C=[N+](CC)CCC1.CCN1C=[N+](CC)CCC1.CCN1C=[N+](CC)CCC1.CCN1C=[N+](CC)CCC1.CCN1C=[N+](CC)CCC1.CCN1C=[N+](CC)CCC1.CCN1C=[N+](CC)CCC1.[F-].[O-]B([O-])[O-].[O-]B([O-])[O-].[O-]B([O-])[O-].[O-]B([O-])[O-]. The molecule has 0 radical (unpaired) electrons. The Morgan fingerprint density at radius 1 is 0.136 bits per heavy atom. The second kappa shape index (κ2) is 102. The summed E-state index contributed by atoms with van der Waals surface area (Å²) in [6.45, 7) is 120. The summed E-state index contributed by atoms with van der Waals surface area (Å²) < 4.78 is 30.8. The fourth-order valence-corrected chi connectivity index (χ4v) is 16.9. The van der Waals surface area contributed by atoms with Crippen LogP contribution in [0.15, 0.2) is 0 Å². The van der Waals surface area contributed by atoms with Gasteiger partial charge in [-0.25, -0.2) is 0 Å². The van der Waals surface area contributed by atoms with E-state index < -0.39 is 29.3 Å². The lowest BCUT2D eigenvalue weighted by Gasteiger charge is -2.35. The van der Waals surface area contributed by atoms with Crippen molar-refractivity contribution in [3.63, 3.8) is 0 Å². The molecule has 13 aliphatic rings. The van der Waals surface area contributed by atoms with Gasteiger partial charge in [0.15, 0.2) is 0 Å². The first-order valence-electron chi connectivity index (χ1n) is 57.4. The van der Waals surface area contributed by atoms with Crippen molar-refractivity contribution in [3.8, 4) is 0 Å². The van der Waals surface area contributed by atoms with Crippen LogP contribution in [0.25, 0.3) is 0 Å². The van der Waals surface area contributed by atoms with Gasteiger partial charge in [-0.2, -0.15) is 0 Å². The zero-order valence-electron chi connectivity index (χ0n) is 98.7. The Labute approximate surface area is 899 Å². The molecule has 43 heteroatoms. The van der Waals surface area contributed by atoms with E-state index in [1.54, 1.807) is 0 Å². The van der Waals surface area contributed by atoms with E-state index in [0.717, 1.165) is 170 Å². The van der Waals surface area contributed by atoms with Crippen LogP contribution in [0, 0.1) is 0 Å². The van der Waals surface area contributed by atoms with Gasteiger partial charge in [0.1, 0.15) is 0 Å². The maximum atomic E-state index is 8.42. The van der Waals surface area contributed by atoms with Gasteiger partial charge in [-0.3, -0.25) is 152 Å². The van der Waals surface area contributed by atoms with Crippen molar-refractivity contribution in [2.24, 2.45) is 0 Å². The van der Waals surface area contributed by atoms with Gasteiger partial charge in [0.2, 0.25) is 82.4 Å². The number of hydrogen-bond acceptors (Lipinski definition) is 25. The summed E-state index contributed by atoms with van der Waals surface area (Å²) >= 11 is 0. The fourth-order valence-electron chi connectivity index (χ4n) is 16.9. The molecule has 0 atom stereocenters. The Kier molecular flexibility index (Phi) is 103. The quantitative estimate of drug-likeness (QED) is 0.0573. The molecule has 13 rings (SSSR count). The predicted octanol–water partition coefficient (Wildman–Crippen LogP) is -8.74. The molecule has 0 saturated carbocycles. The molecule has 0 aromatic heterocycles. The van der Waals surface area contributed by atoms with Crippen LogP contribution in [0.4, 0.5) is 0 Å². The average molecular weight is 2090 g/mol. The van der Waals surface area contributed by atoms with Crippen LogP contribution in [0.3, 0.4) is 0 Å². The van der Waals surface area contributed by atoms with Gasteiger partial charge < -0.3 is 65.0 Å². The van der Waals surface area contributed by atoms with Crippen molar-refractivity contribution in [1.82, 2.24) is 63.7 Å². The van der Waals surface area contributed by atoms with Crippen molar-refractivity contribution in [2.75, 3.05) is 340 Å². The monoisotopic (exact) mass is 2090 g/mol. The fraction of sp³-hybridized carbons (Fsp3) is 0.875. The standard InChI is InChI=1S/13C8H17N2.4BO3.FH/c13*1-3-9-6-5-7-10(4-2)8-9;4*2-1(3)4;/h13*8H,3-7H2,1-2H3;;;;;1H/q13*+1;4*-3;/p-1. The lowest BCUT2D eigenvalue weighted by molar-refractivity contribution is -0.529. The van der Waals surface area contributed by atoms with Crippen molar-refractivity contribution in [3.05, 3.63) is 0 Å². The topological polar surface area (TPSA) is 358 Å². The maximum Gasteiger partial charge on any atom is 0.234 e. The minimum Gasteiger partial charge on any atom is -1.00 e. The summed E-state index contributed by atoms with van der Waals surface area (Å²) in [7, 11) is -11.7. The summed E-state index contributed by atoms with van der Waals surface area (Å²) in [5.41, 5.74) is 0. The van der Waals surface area contributed by atoms with Gasteiger partial charge >= 0.3 is 0 Å². The number of halogens is 1. The van der Waals surface area contributed by atoms with E-state index in [0.29, 0.717) is 0 Å². The van der Waals surface area contributed by atoms with E-state index in [1.807, 2.05) is 0 Å². The van der Waals surface area contributed by atoms with Crippen LogP contribution in [0.2, 0.25) is 0 Å². The molecule has 0 bridgehead atoms. The van der Waals surface area contributed by atoms with E-state index in [9.17, 15) is 0 Å². The highest BCUT2D eigenvalue weighted by atomic mass is 19.0. The van der Waals surface area contributed by atoms with Gasteiger partial charge in [0.25, 0.3) is 0 Å². The summed E-state index contributed by atoms with van der Waals surface area (Å²) in [5, 5.41) is 101. The zero-order valence-corrected chi connectivity index (χ0v) is 98.7. The van der Waals surface area contributed by atoms with Crippen molar-refractivity contribution < 1.29 is 124 Å². The van der Waals surface area contributed by atoms with Crippen LogP contribution >= 0.6 is 0 Å². The maximum absolute atomic E-state index is 8.42. The highest BCUT2D eigenvalue weighted by molar-refractivity contribution is 6.24. The second-order valence-electron chi connectivity index (χ2n) is 36.6. The van der Waals surface area contributed by atoms with Crippen LogP contribution in [-0.2, 0) is 0 Å². The summed E-state index contributed by atoms with van der Waals surface area (Å²) in [6.07, 6.45) is 46.4. The molecule has 0 amide bonds. The average Bonchev–Trinajstić information content (AvgIpc) is 1.02. The Balaban J connectivity index is -0.000000489. The third kappa shape index (κ3) is 85.0. The van der Waals surface area contributed by atoms with Crippen LogP contribution < -0.4 is 65.0 Å². The normalized spacial score (nSPS) is 17.5. The van der Waals surface area contributed by atoms with Crippen molar-refractivity contribution in [1.29, 1.82) is 0 Å². The molecule has 147 heavy (non-hydrogen) atoms. The Hall–Kier alpha value is -7.18. The smallest absolute Gasteiger partial charge is 0.234 e. The minimum atomic E-state index is -2.92. The van der Waals surface area contributed by atoms with Crippen molar-refractivity contribution in [2.45, 2.75) is 263 Å². The van der Waals surface area contributed by atoms with E-state index in [2.05, 4.69) is 386 Å². The van der Waals surface area contributed by atoms with E-state index in [-0.39, 0.29) is 4.70 Å². The molecule has 0 N–H and O–H groups in total. The highest BCUT2D eigenvalue weighted by Gasteiger charge is 2.22. The first kappa shape index (κ1) is 148. The van der Waals surface area contributed by atoms with Crippen LogP contribution in [-0.4, -0.2) is 575 Å². The lowest BCUT2D eigenvalue weighted by atomic mass is 10.3. The first-order chi connectivity index (χ1) is 70.2. The van der Waals surface area contributed by atoms with Gasteiger partial charge in [0.05, 0.1) is 340 Å². The van der Waals surface area contributed by atoms with Gasteiger partial charge in [0, 0.05) is 83.5 Å². The third-order valence-corrected chi connectivity index (χ3v) is 26.4. The zero-order chi connectivity index (χ0) is 110. The van der Waals surface area contributed by atoms with Gasteiger partial charge in [-0.1, -0.05) is 0 Å². The molecular weight excluding hydrogens is 1870 g/mol. The summed E-state index contributed by atoms with van der Waals surface area (Å²) in [5.74, 6) is 0. The molecule has 0 fully saturated rings. The molecule has 0 aromatic rings. The van der Waals surface area contributed by atoms with Crippen LogP contribution in [0.5, 0.6) is 0 Å². The van der Waals surface area contributed by atoms with E-state index in [4.69, 9.17) is 60.3 Å². The molecule has 0 aromatic carbocycles. The second-order valence-corrected chi connectivity index (χ2v) is 36.6. The van der Waals surface area contributed by atoms with E-state index >= 15 is 0 Å². The Morgan fingerprint density at radius 2 is 0.190 bits per heavy atom. The molecular formula is C104H221B4FN26O12. The first-order valence-corrected chi connectivity index (χ1v) is 57.4. The van der Waals surface area contributed by atoms with Gasteiger partial charge in [-0.15, -0.1) is 0 Å². The lowest BCUT2D eigenvalue weighted by Crippen LogP contribution is -3.00. The van der Waals surface area contributed by atoms with Crippen LogP contribution in [0.1, 0.15) is 263 Å². The molecule has 0 aliphatic carbocycles. The van der Waals surface area contributed by atoms with E-state index in [1.165, 1.54) is 254 Å². The largest absolute Gasteiger partial charge is 1.00 e. The Bertz CT molecular complexity index is 2720. The van der Waals surface area contributed by atoms with Gasteiger partial charge in [-0.05, 0) is 180 Å².